The number of hydrogen-bond acceptors (Lipinski definition) is 6. The minimum atomic E-state index is -3.70. The van der Waals surface area contributed by atoms with Gasteiger partial charge in [-0.05, 0) is 37.1 Å². The third-order valence-electron chi connectivity index (χ3n) is 4.79. The molecule has 1 heterocycles. The Hall–Kier alpha value is -2.29. The van der Waals surface area contributed by atoms with E-state index in [-0.39, 0.29) is 41.4 Å². The molecule has 0 saturated heterocycles. The summed E-state index contributed by atoms with van der Waals surface area (Å²) in [5.74, 6) is -0.784. The smallest absolute Gasteiger partial charge is 0.227 e. The van der Waals surface area contributed by atoms with Crippen molar-refractivity contribution in [1.82, 2.24) is 15.5 Å². The van der Waals surface area contributed by atoms with Gasteiger partial charge in [0.05, 0.1) is 4.90 Å². The highest BCUT2D eigenvalue weighted by atomic mass is 32.2. The zero-order valence-corrected chi connectivity index (χ0v) is 16.4. The monoisotopic (exact) mass is 409 g/mol. The zero-order chi connectivity index (χ0) is 20.0. The van der Waals surface area contributed by atoms with E-state index in [0.29, 0.717) is 0 Å². The van der Waals surface area contributed by atoms with Crippen LogP contribution >= 0.6 is 0 Å². The van der Waals surface area contributed by atoms with Crippen LogP contribution < -0.4 is 5.32 Å². The number of nitrogens with zero attached hydrogens (tertiary/aromatic N) is 2. The summed E-state index contributed by atoms with van der Waals surface area (Å²) in [5, 5.41) is 6.72. The molecule has 0 unspecified atom stereocenters. The van der Waals surface area contributed by atoms with E-state index >= 15 is 0 Å². The van der Waals surface area contributed by atoms with Crippen molar-refractivity contribution in [2.45, 2.75) is 68.1 Å². The van der Waals surface area contributed by atoms with Gasteiger partial charge in [-0.25, -0.2) is 12.8 Å². The van der Waals surface area contributed by atoms with E-state index in [1.54, 1.807) is 0 Å². The van der Waals surface area contributed by atoms with E-state index in [0.717, 1.165) is 37.8 Å². The number of hydrogen-bond donors (Lipinski definition) is 1. The second kappa shape index (κ2) is 9.27. The van der Waals surface area contributed by atoms with Crippen LogP contribution in [0, 0.1) is 5.82 Å². The number of benzene rings is 1. The van der Waals surface area contributed by atoms with Gasteiger partial charge in [0.1, 0.15) is 11.6 Å². The van der Waals surface area contributed by atoms with Crippen LogP contribution in [0.3, 0.4) is 0 Å². The summed E-state index contributed by atoms with van der Waals surface area (Å²) in [7, 11) is -3.70. The lowest BCUT2D eigenvalue weighted by molar-refractivity contribution is -0.121. The molecule has 28 heavy (non-hydrogen) atoms. The molecular weight excluding hydrogens is 385 g/mol. The highest BCUT2D eigenvalue weighted by Crippen LogP contribution is 2.18. The molecular formula is C19H24FN3O4S. The molecule has 0 aliphatic heterocycles. The van der Waals surface area contributed by atoms with Gasteiger partial charge in [0.2, 0.25) is 11.8 Å². The predicted octanol–water partition coefficient (Wildman–Crippen LogP) is 2.95. The molecule has 0 radical (unpaired) electrons. The predicted molar refractivity (Wildman–Crippen MR) is 99.5 cm³/mol. The van der Waals surface area contributed by atoms with Crippen molar-refractivity contribution in [3.8, 4) is 0 Å². The van der Waals surface area contributed by atoms with Crippen molar-refractivity contribution in [2.75, 3.05) is 0 Å². The Morgan fingerprint density at radius 1 is 1.14 bits per heavy atom. The lowest BCUT2D eigenvalue weighted by atomic mass is 10.1. The minimum absolute atomic E-state index is 0.0111. The lowest BCUT2D eigenvalue weighted by Crippen LogP contribution is -2.34. The molecule has 1 aromatic heterocycles. The third kappa shape index (κ3) is 5.85. The summed E-state index contributed by atoms with van der Waals surface area (Å²) in [4.78, 5) is 16.2. The standard InChI is InChI=1S/C19H24FN3O4S/c20-14-7-9-16(10-8-14)28(25,26)13-17-22-19(27-23-17)12-11-18(24)21-15-5-3-1-2-4-6-15/h7-10,15H,1-6,11-13H2,(H,21,24). The summed E-state index contributed by atoms with van der Waals surface area (Å²) in [6.45, 7) is 0. The van der Waals surface area contributed by atoms with Gasteiger partial charge in [-0.1, -0.05) is 30.8 Å². The maximum absolute atomic E-state index is 13.0. The van der Waals surface area contributed by atoms with Crippen LogP contribution in [0.25, 0.3) is 0 Å². The van der Waals surface area contributed by atoms with Crippen molar-refractivity contribution in [3.05, 3.63) is 41.8 Å². The number of aromatic nitrogens is 2. The van der Waals surface area contributed by atoms with E-state index in [1.807, 2.05) is 0 Å². The van der Waals surface area contributed by atoms with Crippen LogP contribution in [-0.2, 0) is 26.8 Å². The first kappa shape index (κ1) is 20.4. The second-order valence-corrected chi connectivity index (χ2v) is 9.06. The normalized spacial score (nSPS) is 15.9. The first-order valence-electron chi connectivity index (χ1n) is 9.51. The summed E-state index contributed by atoms with van der Waals surface area (Å²) in [5.41, 5.74) is 0. The van der Waals surface area contributed by atoms with Crippen LogP contribution in [0.4, 0.5) is 4.39 Å². The number of nitrogens with one attached hydrogen (secondary N) is 1. The molecule has 1 aromatic carbocycles. The second-order valence-electron chi connectivity index (χ2n) is 7.07. The van der Waals surface area contributed by atoms with Crippen LogP contribution in [0.5, 0.6) is 0 Å². The van der Waals surface area contributed by atoms with E-state index < -0.39 is 21.4 Å². The highest BCUT2D eigenvalue weighted by molar-refractivity contribution is 7.90. The lowest BCUT2D eigenvalue weighted by Gasteiger charge is -2.15. The minimum Gasteiger partial charge on any atom is -0.353 e. The van der Waals surface area contributed by atoms with Gasteiger partial charge < -0.3 is 9.84 Å². The van der Waals surface area contributed by atoms with Crippen molar-refractivity contribution < 1.29 is 22.1 Å². The summed E-state index contributed by atoms with van der Waals surface area (Å²) < 4.78 is 42.7. The molecule has 9 heteroatoms. The Bertz CT molecular complexity index is 888. The van der Waals surface area contributed by atoms with Crippen molar-refractivity contribution in [3.63, 3.8) is 0 Å². The Morgan fingerprint density at radius 2 is 1.82 bits per heavy atom. The van der Waals surface area contributed by atoms with E-state index in [9.17, 15) is 17.6 Å². The molecule has 1 saturated carbocycles. The SMILES string of the molecule is O=C(CCc1nc(CS(=O)(=O)c2ccc(F)cc2)no1)NC1CCCCCC1. The third-order valence-corrected chi connectivity index (χ3v) is 6.42. The Labute approximate surface area is 163 Å². The number of aryl methyl sites for hydroxylation is 1. The fraction of sp³-hybridized carbons (Fsp3) is 0.526. The largest absolute Gasteiger partial charge is 0.353 e. The molecule has 1 amide bonds. The fourth-order valence-electron chi connectivity index (χ4n) is 3.29. The number of rotatable bonds is 7. The topological polar surface area (TPSA) is 102 Å². The van der Waals surface area contributed by atoms with E-state index in [2.05, 4.69) is 15.5 Å². The summed E-state index contributed by atoms with van der Waals surface area (Å²) >= 11 is 0. The number of carbonyl (C=O) groups is 1. The van der Waals surface area contributed by atoms with Gasteiger partial charge in [-0.15, -0.1) is 0 Å². The molecule has 152 valence electrons. The first-order valence-corrected chi connectivity index (χ1v) is 11.2. The van der Waals surface area contributed by atoms with E-state index in [4.69, 9.17) is 4.52 Å². The maximum atomic E-state index is 13.0. The molecule has 0 bridgehead atoms. The average Bonchev–Trinajstić information content (AvgIpc) is 2.93. The number of sulfone groups is 1. The Balaban J connectivity index is 1.51. The molecule has 1 aliphatic carbocycles. The van der Waals surface area contributed by atoms with Gasteiger partial charge in [0, 0.05) is 18.9 Å². The summed E-state index contributed by atoms with van der Waals surface area (Å²) in [6.07, 6.45) is 7.21. The van der Waals surface area contributed by atoms with Crippen LogP contribution in [0.2, 0.25) is 0 Å². The quantitative estimate of drug-likeness (QED) is 0.557. The van der Waals surface area contributed by atoms with Crippen LogP contribution in [0.1, 0.15) is 56.7 Å². The molecule has 7 nitrogen and oxygen atoms in total. The number of carbonyl (C=O) groups excluding carboxylic acids is 1. The van der Waals surface area contributed by atoms with Crippen LogP contribution in [0.15, 0.2) is 33.7 Å². The molecule has 2 aromatic rings. The van der Waals surface area contributed by atoms with E-state index in [1.165, 1.54) is 25.0 Å². The fourth-order valence-corrected chi connectivity index (χ4v) is 4.46. The van der Waals surface area contributed by atoms with Gasteiger partial charge in [-0.3, -0.25) is 4.79 Å². The van der Waals surface area contributed by atoms with Crippen molar-refractivity contribution in [1.29, 1.82) is 0 Å². The Morgan fingerprint density at radius 3 is 2.50 bits per heavy atom. The molecule has 0 spiro atoms. The highest BCUT2D eigenvalue weighted by Gasteiger charge is 2.20. The molecule has 1 N–H and O–H groups in total. The zero-order valence-electron chi connectivity index (χ0n) is 15.6. The van der Waals surface area contributed by atoms with Gasteiger partial charge in [0.25, 0.3) is 0 Å². The van der Waals surface area contributed by atoms with Gasteiger partial charge in [0.15, 0.2) is 15.7 Å². The number of amides is 1. The van der Waals surface area contributed by atoms with Crippen molar-refractivity contribution in [2.24, 2.45) is 0 Å². The molecule has 1 fully saturated rings. The maximum Gasteiger partial charge on any atom is 0.227 e. The average molecular weight is 409 g/mol. The Kier molecular flexibility index (Phi) is 6.77. The van der Waals surface area contributed by atoms with Gasteiger partial charge >= 0.3 is 0 Å². The molecule has 0 atom stereocenters. The first-order chi connectivity index (χ1) is 13.4. The van der Waals surface area contributed by atoms with Crippen molar-refractivity contribution >= 4 is 15.7 Å². The molecule has 1 aliphatic rings. The summed E-state index contributed by atoms with van der Waals surface area (Å²) in [6, 6.07) is 4.80. The van der Waals surface area contributed by atoms with Crippen LogP contribution in [-0.4, -0.2) is 30.5 Å². The van der Waals surface area contributed by atoms with Gasteiger partial charge in [-0.2, -0.15) is 4.98 Å². The number of halogens is 1. The molecule has 3 rings (SSSR count).